The standard InChI is InChI=1S/C22H25Br2FN2O2/c1-14-11-27(15(2)10-26(14)12-17-4-6-18(25)7-5-17)22(28)13-29-19-8-20(23)16(3)21(24)9-19/h4-9,14-15H,10-13H2,1-3H3/t14-,15+/m1/s1. The fraction of sp³-hybridized carbons (Fsp3) is 0.409. The quantitative estimate of drug-likeness (QED) is 0.538. The molecule has 0 saturated carbocycles. The van der Waals surface area contributed by atoms with Gasteiger partial charge in [-0.05, 0) is 56.2 Å². The first-order chi connectivity index (χ1) is 13.7. The van der Waals surface area contributed by atoms with Crippen LogP contribution < -0.4 is 4.74 Å². The molecule has 0 aliphatic carbocycles. The van der Waals surface area contributed by atoms with Crippen LogP contribution in [0.3, 0.4) is 0 Å². The molecule has 1 heterocycles. The van der Waals surface area contributed by atoms with Gasteiger partial charge in [-0.15, -0.1) is 0 Å². The summed E-state index contributed by atoms with van der Waals surface area (Å²) in [5.74, 6) is 0.412. The van der Waals surface area contributed by atoms with Crippen LogP contribution in [0, 0.1) is 12.7 Å². The Balaban J connectivity index is 1.57. The van der Waals surface area contributed by atoms with Crippen molar-refractivity contribution < 1.29 is 13.9 Å². The second-order valence-corrected chi connectivity index (χ2v) is 9.31. The summed E-state index contributed by atoms with van der Waals surface area (Å²) in [6.45, 7) is 8.34. The van der Waals surface area contributed by atoms with Crippen LogP contribution in [0.2, 0.25) is 0 Å². The van der Waals surface area contributed by atoms with Crippen molar-refractivity contribution in [3.8, 4) is 5.75 Å². The molecule has 3 rings (SSSR count). The second-order valence-electron chi connectivity index (χ2n) is 7.60. The van der Waals surface area contributed by atoms with E-state index in [-0.39, 0.29) is 30.4 Å². The van der Waals surface area contributed by atoms with E-state index in [1.54, 1.807) is 0 Å². The molecule has 7 heteroatoms. The van der Waals surface area contributed by atoms with Gasteiger partial charge in [0.05, 0.1) is 0 Å². The van der Waals surface area contributed by atoms with E-state index >= 15 is 0 Å². The van der Waals surface area contributed by atoms with Crippen molar-refractivity contribution in [1.82, 2.24) is 9.80 Å². The lowest BCUT2D eigenvalue weighted by Crippen LogP contribution is -2.58. The number of ether oxygens (including phenoxy) is 1. The Bertz CT molecular complexity index is 853. The largest absolute Gasteiger partial charge is 0.484 e. The van der Waals surface area contributed by atoms with Crippen LogP contribution in [-0.2, 0) is 11.3 Å². The molecule has 0 unspecified atom stereocenters. The normalized spacial score (nSPS) is 20.0. The Kier molecular flexibility index (Phi) is 7.35. The number of nitrogens with zero attached hydrogens (tertiary/aromatic N) is 2. The molecular formula is C22H25Br2FN2O2. The minimum absolute atomic E-state index is 0.0109. The average molecular weight is 528 g/mol. The molecule has 2 aromatic rings. The lowest BCUT2D eigenvalue weighted by molar-refractivity contribution is -0.139. The van der Waals surface area contributed by atoms with Gasteiger partial charge in [0, 0.05) is 40.7 Å². The highest BCUT2D eigenvalue weighted by Gasteiger charge is 2.32. The Hall–Kier alpha value is -1.44. The number of halogens is 3. The van der Waals surface area contributed by atoms with E-state index in [1.807, 2.05) is 36.1 Å². The number of carbonyl (C=O) groups is 1. The summed E-state index contributed by atoms with van der Waals surface area (Å²) >= 11 is 7.01. The highest BCUT2D eigenvalue weighted by molar-refractivity contribution is 9.11. The summed E-state index contributed by atoms with van der Waals surface area (Å²) in [7, 11) is 0. The Morgan fingerprint density at radius 1 is 1.10 bits per heavy atom. The van der Waals surface area contributed by atoms with E-state index in [4.69, 9.17) is 4.74 Å². The topological polar surface area (TPSA) is 32.8 Å². The summed E-state index contributed by atoms with van der Waals surface area (Å²) in [6.07, 6.45) is 0. The Morgan fingerprint density at radius 2 is 1.72 bits per heavy atom. The number of hydrogen-bond donors (Lipinski definition) is 0. The van der Waals surface area contributed by atoms with Crippen LogP contribution in [0.15, 0.2) is 45.3 Å². The SMILES string of the molecule is Cc1c(Br)cc(OCC(=O)N2C[C@@H](C)N(Cc3ccc(F)cc3)C[C@@H]2C)cc1Br. The van der Waals surface area contributed by atoms with Gasteiger partial charge in [0.1, 0.15) is 11.6 Å². The van der Waals surface area contributed by atoms with E-state index in [1.165, 1.54) is 12.1 Å². The van der Waals surface area contributed by atoms with Crippen molar-refractivity contribution >= 4 is 37.8 Å². The first-order valence-electron chi connectivity index (χ1n) is 9.61. The van der Waals surface area contributed by atoms with E-state index in [2.05, 4.69) is 50.6 Å². The monoisotopic (exact) mass is 526 g/mol. The third kappa shape index (κ3) is 5.58. The average Bonchev–Trinajstić information content (AvgIpc) is 2.68. The van der Waals surface area contributed by atoms with Gasteiger partial charge in [0.25, 0.3) is 5.91 Å². The lowest BCUT2D eigenvalue weighted by atomic mass is 10.1. The fourth-order valence-corrected chi connectivity index (χ4v) is 4.67. The van der Waals surface area contributed by atoms with Gasteiger partial charge in [-0.3, -0.25) is 9.69 Å². The first kappa shape index (κ1) is 22.2. The van der Waals surface area contributed by atoms with E-state index in [9.17, 15) is 9.18 Å². The molecule has 0 spiro atoms. The van der Waals surface area contributed by atoms with Crippen LogP contribution in [0.5, 0.6) is 5.75 Å². The van der Waals surface area contributed by atoms with Crippen LogP contribution in [-0.4, -0.2) is 47.5 Å². The van der Waals surface area contributed by atoms with Crippen molar-refractivity contribution in [2.24, 2.45) is 0 Å². The number of hydrogen-bond acceptors (Lipinski definition) is 3. The molecule has 0 N–H and O–H groups in total. The van der Waals surface area contributed by atoms with E-state index in [0.29, 0.717) is 12.3 Å². The number of benzene rings is 2. The molecule has 29 heavy (non-hydrogen) atoms. The maximum atomic E-state index is 13.1. The summed E-state index contributed by atoms with van der Waals surface area (Å²) in [5, 5.41) is 0. The third-order valence-corrected chi connectivity index (χ3v) is 7.00. The van der Waals surface area contributed by atoms with Crippen molar-refractivity contribution in [2.75, 3.05) is 19.7 Å². The molecule has 1 aliphatic heterocycles. The number of carbonyl (C=O) groups excluding carboxylic acids is 1. The predicted molar refractivity (Wildman–Crippen MR) is 120 cm³/mol. The Morgan fingerprint density at radius 3 is 2.34 bits per heavy atom. The van der Waals surface area contributed by atoms with Gasteiger partial charge in [0.2, 0.25) is 0 Å². The fourth-order valence-electron chi connectivity index (χ4n) is 3.52. The molecule has 1 saturated heterocycles. The van der Waals surface area contributed by atoms with Crippen molar-refractivity contribution in [2.45, 2.75) is 39.4 Å². The van der Waals surface area contributed by atoms with Gasteiger partial charge in [-0.1, -0.05) is 44.0 Å². The highest BCUT2D eigenvalue weighted by Crippen LogP contribution is 2.30. The molecule has 0 aromatic heterocycles. The van der Waals surface area contributed by atoms with Gasteiger partial charge < -0.3 is 9.64 Å². The minimum Gasteiger partial charge on any atom is -0.484 e. The summed E-state index contributed by atoms with van der Waals surface area (Å²) in [4.78, 5) is 17.0. The first-order valence-corrected chi connectivity index (χ1v) is 11.2. The molecule has 2 atom stereocenters. The molecule has 0 radical (unpaired) electrons. The number of rotatable bonds is 5. The molecule has 4 nitrogen and oxygen atoms in total. The van der Waals surface area contributed by atoms with Gasteiger partial charge in [-0.25, -0.2) is 4.39 Å². The van der Waals surface area contributed by atoms with Crippen LogP contribution >= 0.6 is 31.9 Å². The molecule has 1 amide bonds. The minimum atomic E-state index is -0.224. The number of amides is 1. The summed E-state index contributed by atoms with van der Waals surface area (Å²) in [6, 6.07) is 10.7. The van der Waals surface area contributed by atoms with E-state index in [0.717, 1.165) is 33.2 Å². The van der Waals surface area contributed by atoms with E-state index < -0.39 is 0 Å². The second kappa shape index (κ2) is 9.58. The molecule has 2 aromatic carbocycles. The van der Waals surface area contributed by atoms with Gasteiger partial charge in [-0.2, -0.15) is 0 Å². The highest BCUT2D eigenvalue weighted by atomic mass is 79.9. The van der Waals surface area contributed by atoms with Crippen molar-refractivity contribution in [1.29, 1.82) is 0 Å². The van der Waals surface area contributed by atoms with Gasteiger partial charge >= 0.3 is 0 Å². The van der Waals surface area contributed by atoms with Crippen LogP contribution in [0.1, 0.15) is 25.0 Å². The lowest BCUT2D eigenvalue weighted by Gasteiger charge is -2.44. The molecule has 156 valence electrons. The van der Waals surface area contributed by atoms with Gasteiger partial charge in [0.15, 0.2) is 6.61 Å². The number of piperazine rings is 1. The summed E-state index contributed by atoms with van der Waals surface area (Å²) in [5.41, 5.74) is 2.16. The Labute approximate surface area is 188 Å². The molecule has 0 bridgehead atoms. The maximum Gasteiger partial charge on any atom is 0.260 e. The van der Waals surface area contributed by atoms with Crippen molar-refractivity contribution in [3.63, 3.8) is 0 Å². The van der Waals surface area contributed by atoms with Crippen molar-refractivity contribution in [3.05, 3.63) is 62.3 Å². The maximum absolute atomic E-state index is 13.1. The zero-order chi connectivity index (χ0) is 21.1. The van der Waals surface area contributed by atoms with Crippen LogP contribution in [0.25, 0.3) is 0 Å². The molecule has 1 fully saturated rings. The molecular weight excluding hydrogens is 503 g/mol. The third-order valence-electron chi connectivity index (χ3n) is 5.35. The summed E-state index contributed by atoms with van der Waals surface area (Å²) < 4.78 is 20.8. The van der Waals surface area contributed by atoms with Crippen LogP contribution in [0.4, 0.5) is 4.39 Å². The molecule has 1 aliphatic rings. The zero-order valence-corrected chi connectivity index (χ0v) is 20.0. The zero-order valence-electron chi connectivity index (χ0n) is 16.8. The predicted octanol–water partition coefficient (Wildman–Crippen LogP) is 5.16. The smallest absolute Gasteiger partial charge is 0.260 e.